The molecule has 0 saturated carbocycles. The third-order valence-corrected chi connectivity index (χ3v) is 10.3. The molecule has 5 heteroatoms. The van der Waals surface area contributed by atoms with Crippen molar-refractivity contribution in [1.82, 2.24) is 5.32 Å². The van der Waals surface area contributed by atoms with E-state index in [0.29, 0.717) is 6.42 Å². The molecule has 0 aromatic rings. The Hall–Kier alpha value is -1.17. The number of carbonyl (C=O) groups is 1. The molecule has 0 rings (SSSR count). The summed E-state index contributed by atoms with van der Waals surface area (Å²) in [6.45, 7) is 4.20. The maximum atomic E-state index is 12.4. The Balaban J connectivity index is 3.60. The molecule has 0 aliphatic carbocycles. The molecule has 1 amide bonds. The van der Waals surface area contributed by atoms with Gasteiger partial charge in [-0.1, -0.05) is 224 Å². The van der Waals surface area contributed by atoms with E-state index in [1.165, 1.54) is 180 Å². The van der Waals surface area contributed by atoms with E-state index >= 15 is 0 Å². The summed E-state index contributed by atoms with van der Waals surface area (Å²) in [6.07, 6.45) is 49.2. The van der Waals surface area contributed by atoms with Gasteiger partial charge in [-0.3, -0.25) is 4.79 Å². The molecule has 4 N–H and O–H groups in total. The molecule has 0 bridgehead atoms. The zero-order valence-corrected chi connectivity index (χ0v) is 33.5. The topological polar surface area (TPSA) is 89.8 Å². The predicted octanol–water partition coefficient (Wildman–Crippen LogP) is 12.6. The molecule has 0 aromatic carbocycles. The van der Waals surface area contributed by atoms with Crippen molar-refractivity contribution < 1.29 is 20.1 Å². The van der Waals surface area contributed by atoms with Gasteiger partial charge in [-0.2, -0.15) is 0 Å². The van der Waals surface area contributed by atoms with E-state index in [0.717, 1.165) is 25.7 Å². The second kappa shape index (κ2) is 40.6. The first-order valence-corrected chi connectivity index (χ1v) is 22.1. The summed E-state index contributed by atoms with van der Waals surface area (Å²) in [7, 11) is 0. The Labute approximate surface area is 312 Å². The van der Waals surface area contributed by atoms with Crippen LogP contribution in [0.2, 0.25) is 0 Å². The number of unbranched alkanes of at least 4 members (excludes halogenated alkanes) is 29. The summed E-state index contributed by atoms with van der Waals surface area (Å²) in [6, 6.07) is -0.740. The molecule has 0 fully saturated rings. The maximum Gasteiger partial charge on any atom is 0.249 e. The lowest BCUT2D eigenvalue weighted by molar-refractivity contribution is -0.131. The van der Waals surface area contributed by atoms with Crippen LogP contribution in [-0.4, -0.2) is 46.1 Å². The largest absolute Gasteiger partial charge is 0.394 e. The van der Waals surface area contributed by atoms with Crippen LogP contribution in [0, 0.1) is 0 Å². The third kappa shape index (κ3) is 35.2. The molecule has 0 aromatic heterocycles. The Kier molecular flexibility index (Phi) is 39.6. The first-order valence-electron chi connectivity index (χ1n) is 22.1. The van der Waals surface area contributed by atoms with Gasteiger partial charge in [-0.25, -0.2) is 0 Å². The molecule has 5 nitrogen and oxygen atoms in total. The average molecular weight is 706 g/mol. The first kappa shape index (κ1) is 48.8. The van der Waals surface area contributed by atoms with Crippen LogP contribution < -0.4 is 5.32 Å². The van der Waals surface area contributed by atoms with Crippen LogP contribution >= 0.6 is 0 Å². The molecule has 0 aliphatic rings. The quantitative estimate of drug-likeness (QED) is 0.0377. The van der Waals surface area contributed by atoms with Crippen LogP contribution in [0.1, 0.15) is 232 Å². The molecule has 0 aliphatic heterocycles. The van der Waals surface area contributed by atoms with Crippen molar-refractivity contribution in [2.45, 2.75) is 250 Å². The molecule has 0 radical (unpaired) electrons. The van der Waals surface area contributed by atoms with Crippen LogP contribution in [0.4, 0.5) is 0 Å². The number of nitrogens with one attached hydrogen (secondary N) is 1. The lowest BCUT2D eigenvalue weighted by atomic mass is 10.0. The number of allylic oxidation sites excluding steroid dienone is 3. The minimum Gasteiger partial charge on any atom is -0.394 e. The highest BCUT2D eigenvalue weighted by molar-refractivity contribution is 5.81. The van der Waals surface area contributed by atoms with Crippen LogP contribution in [-0.2, 0) is 4.79 Å². The van der Waals surface area contributed by atoms with Crippen LogP contribution in [0.3, 0.4) is 0 Å². The van der Waals surface area contributed by atoms with Gasteiger partial charge in [0.05, 0.1) is 18.8 Å². The smallest absolute Gasteiger partial charge is 0.249 e. The number of aliphatic hydroxyl groups is 3. The molecule has 0 heterocycles. The van der Waals surface area contributed by atoms with Gasteiger partial charge in [0.2, 0.25) is 5.91 Å². The molecular formula is C45H87NO4. The van der Waals surface area contributed by atoms with E-state index in [1.807, 2.05) is 12.2 Å². The van der Waals surface area contributed by atoms with E-state index in [2.05, 4.69) is 31.3 Å². The minimum absolute atomic E-state index is 0.227. The first-order chi connectivity index (χ1) is 24.6. The van der Waals surface area contributed by atoms with E-state index in [1.54, 1.807) is 0 Å². The van der Waals surface area contributed by atoms with Crippen molar-refractivity contribution in [2.24, 2.45) is 0 Å². The second-order valence-corrected chi connectivity index (χ2v) is 15.3. The maximum absolute atomic E-state index is 12.4. The van der Waals surface area contributed by atoms with Crippen LogP contribution in [0.15, 0.2) is 24.3 Å². The number of rotatable bonds is 40. The normalized spacial score (nSPS) is 13.8. The van der Waals surface area contributed by atoms with Crippen LogP contribution in [0.5, 0.6) is 0 Å². The minimum atomic E-state index is -1.18. The van der Waals surface area contributed by atoms with E-state index in [9.17, 15) is 20.1 Å². The predicted molar refractivity (Wildman–Crippen MR) is 218 cm³/mol. The number of amides is 1. The Morgan fingerprint density at radius 1 is 0.500 bits per heavy atom. The SMILES string of the molecule is CCCCCCCC/C=C\C/C=C\CC(O)C(=O)NC(CO)C(O)CCCCCCCCCCCCCCCCCCCCCCCCCC. The number of hydrogen-bond acceptors (Lipinski definition) is 4. The summed E-state index contributed by atoms with van der Waals surface area (Å²) < 4.78 is 0. The summed E-state index contributed by atoms with van der Waals surface area (Å²) in [5.74, 6) is -0.536. The molecule has 0 saturated heterocycles. The second-order valence-electron chi connectivity index (χ2n) is 15.3. The van der Waals surface area contributed by atoms with E-state index in [4.69, 9.17) is 0 Å². The fraction of sp³-hybridized carbons (Fsp3) is 0.889. The van der Waals surface area contributed by atoms with Gasteiger partial charge in [0.1, 0.15) is 6.10 Å². The summed E-state index contributed by atoms with van der Waals surface area (Å²) in [5, 5.41) is 33.1. The molecule has 3 atom stereocenters. The van der Waals surface area contributed by atoms with Gasteiger partial charge in [-0.05, 0) is 25.7 Å². The van der Waals surface area contributed by atoms with E-state index < -0.39 is 24.2 Å². The fourth-order valence-corrected chi connectivity index (χ4v) is 6.82. The van der Waals surface area contributed by atoms with Crippen molar-refractivity contribution >= 4 is 5.91 Å². The Bertz CT molecular complexity index is 739. The molecule has 50 heavy (non-hydrogen) atoms. The van der Waals surface area contributed by atoms with Gasteiger partial charge in [0.25, 0.3) is 0 Å². The highest BCUT2D eigenvalue weighted by atomic mass is 16.3. The highest BCUT2D eigenvalue weighted by Gasteiger charge is 2.23. The van der Waals surface area contributed by atoms with Crippen molar-refractivity contribution in [3.63, 3.8) is 0 Å². The van der Waals surface area contributed by atoms with Gasteiger partial charge < -0.3 is 20.6 Å². The Morgan fingerprint density at radius 2 is 0.860 bits per heavy atom. The molecular weight excluding hydrogens is 618 g/mol. The standard InChI is InChI=1S/C45H87NO4/c1-3-5-7-9-11-13-15-17-18-19-20-21-22-23-24-25-26-27-28-30-31-33-35-37-39-43(48)42(41-47)46-45(50)44(49)40-38-36-34-32-29-16-14-12-10-8-6-4-2/h29,32,36,38,42-44,47-49H,3-28,30-31,33-35,37,39-41H2,1-2H3,(H,46,50)/b32-29-,38-36-. The number of hydrogen-bond donors (Lipinski definition) is 4. The highest BCUT2D eigenvalue weighted by Crippen LogP contribution is 2.16. The Morgan fingerprint density at radius 3 is 1.26 bits per heavy atom. The van der Waals surface area contributed by atoms with Gasteiger partial charge in [0.15, 0.2) is 0 Å². The lowest BCUT2D eigenvalue weighted by Gasteiger charge is -2.23. The number of aliphatic hydroxyl groups excluding tert-OH is 3. The lowest BCUT2D eigenvalue weighted by Crippen LogP contribution is -2.49. The molecule has 296 valence electrons. The van der Waals surface area contributed by atoms with Crippen LogP contribution in [0.25, 0.3) is 0 Å². The fourth-order valence-electron chi connectivity index (χ4n) is 6.82. The van der Waals surface area contributed by atoms with Crippen molar-refractivity contribution in [1.29, 1.82) is 0 Å². The molecule has 0 spiro atoms. The summed E-state index contributed by atoms with van der Waals surface area (Å²) in [5.41, 5.74) is 0. The van der Waals surface area contributed by atoms with Crippen molar-refractivity contribution in [2.75, 3.05) is 6.61 Å². The van der Waals surface area contributed by atoms with Gasteiger partial charge >= 0.3 is 0 Å². The van der Waals surface area contributed by atoms with E-state index in [-0.39, 0.29) is 13.0 Å². The monoisotopic (exact) mass is 706 g/mol. The summed E-state index contributed by atoms with van der Waals surface area (Å²) >= 11 is 0. The van der Waals surface area contributed by atoms with Crippen molar-refractivity contribution in [3.05, 3.63) is 24.3 Å². The zero-order valence-electron chi connectivity index (χ0n) is 33.5. The average Bonchev–Trinajstić information content (AvgIpc) is 3.12. The summed E-state index contributed by atoms with van der Waals surface area (Å²) in [4.78, 5) is 12.4. The third-order valence-electron chi connectivity index (χ3n) is 10.3. The van der Waals surface area contributed by atoms with Crippen molar-refractivity contribution in [3.8, 4) is 0 Å². The van der Waals surface area contributed by atoms with Gasteiger partial charge in [-0.15, -0.1) is 0 Å². The van der Waals surface area contributed by atoms with Gasteiger partial charge in [0, 0.05) is 6.42 Å². The zero-order chi connectivity index (χ0) is 36.6. The molecule has 3 unspecified atom stereocenters. The number of carbonyl (C=O) groups excluding carboxylic acids is 1.